The predicted molar refractivity (Wildman–Crippen MR) is 94.2 cm³/mol. The van der Waals surface area contributed by atoms with E-state index in [9.17, 15) is 9.18 Å². The molecule has 1 N–H and O–H groups in total. The lowest BCUT2D eigenvalue weighted by molar-refractivity contribution is 0.581. The van der Waals surface area contributed by atoms with Crippen LogP contribution in [0.15, 0.2) is 45.7 Å². The van der Waals surface area contributed by atoms with Gasteiger partial charge in [0.1, 0.15) is 11.6 Å². The number of hydrogen-bond donors (Lipinski definition) is 1. The van der Waals surface area contributed by atoms with Gasteiger partial charge >= 0.3 is 0 Å². The van der Waals surface area contributed by atoms with Crippen LogP contribution >= 0.6 is 15.9 Å². The van der Waals surface area contributed by atoms with E-state index >= 15 is 0 Å². The van der Waals surface area contributed by atoms with E-state index in [1.54, 1.807) is 36.4 Å². The Morgan fingerprint density at radius 3 is 2.57 bits per heavy atom. The van der Waals surface area contributed by atoms with Gasteiger partial charge in [0.2, 0.25) is 0 Å². The lowest BCUT2D eigenvalue weighted by atomic mass is 9.86. The van der Waals surface area contributed by atoms with Crippen LogP contribution in [0.4, 0.5) is 4.39 Å². The molecule has 3 nitrogen and oxygen atoms in total. The molecular formula is C18H16BrFN2O. The molecule has 0 aliphatic heterocycles. The van der Waals surface area contributed by atoms with Crippen LogP contribution in [0.5, 0.6) is 0 Å². The zero-order valence-electron chi connectivity index (χ0n) is 13.1. The van der Waals surface area contributed by atoms with Gasteiger partial charge in [-0.05, 0) is 51.2 Å². The maximum absolute atomic E-state index is 14.6. The van der Waals surface area contributed by atoms with Crippen molar-refractivity contribution < 1.29 is 4.39 Å². The van der Waals surface area contributed by atoms with Gasteiger partial charge in [0, 0.05) is 0 Å². The Labute approximate surface area is 141 Å². The SMILES string of the molecule is CC(C)(C)c1cc(Br)c(F)c(-c2nc3ccccc3c(=O)[nH]2)c1. The van der Waals surface area contributed by atoms with Gasteiger partial charge in [-0.15, -0.1) is 0 Å². The van der Waals surface area contributed by atoms with Gasteiger partial charge in [0.15, 0.2) is 0 Å². The van der Waals surface area contributed by atoms with E-state index in [4.69, 9.17) is 0 Å². The second-order valence-electron chi connectivity index (χ2n) is 6.50. The van der Waals surface area contributed by atoms with Crippen molar-refractivity contribution in [3.05, 3.63) is 62.6 Å². The molecule has 0 saturated carbocycles. The summed E-state index contributed by atoms with van der Waals surface area (Å²) in [6.07, 6.45) is 0. The Bertz CT molecular complexity index is 957. The summed E-state index contributed by atoms with van der Waals surface area (Å²) in [6.45, 7) is 6.15. The number of H-pyrrole nitrogens is 1. The molecule has 0 amide bonds. The molecule has 0 radical (unpaired) electrons. The van der Waals surface area contributed by atoms with Gasteiger partial charge < -0.3 is 4.98 Å². The Morgan fingerprint density at radius 2 is 1.87 bits per heavy atom. The first kappa shape index (κ1) is 15.9. The van der Waals surface area contributed by atoms with Gasteiger partial charge in [0.05, 0.1) is 20.9 Å². The molecule has 1 aromatic heterocycles. The molecule has 0 fully saturated rings. The van der Waals surface area contributed by atoms with Crippen molar-refractivity contribution in [2.75, 3.05) is 0 Å². The fraction of sp³-hybridized carbons (Fsp3) is 0.222. The number of hydrogen-bond acceptors (Lipinski definition) is 2. The normalized spacial score (nSPS) is 11.9. The molecule has 23 heavy (non-hydrogen) atoms. The van der Waals surface area contributed by atoms with E-state index in [0.717, 1.165) is 5.56 Å². The average molecular weight is 375 g/mol. The molecule has 0 bridgehead atoms. The highest BCUT2D eigenvalue weighted by Crippen LogP contribution is 2.33. The first-order valence-corrected chi connectivity index (χ1v) is 8.05. The summed E-state index contributed by atoms with van der Waals surface area (Å²) in [4.78, 5) is 19.3. The number of halogens is 2. The van der Waals surface area contributed by atoms with Crippen LogP contribution in [0, 0.1) is 5.82 Å². The molecule has 2 aromatic carbocycles. The molecule has 0 unspecified atom stereocenters. The number of rotatable bonds is 1. The molecule has 0 saturated heterocycles. The van der Waals surface area contributed by atoms with Crippen molar-refractivity contribution in [1.29, 1.82) is 0 Å². The van der Waals surface area contributed by atoms with Gasteiger partial charge in [-0.1, -0.05) is 32.9 Å². The van der Waals surface area contributed by atoms with Crippen LogP contribution < -0.4 is 5.56 Å². The third-order valence-electron chi connectivity index (χ3n) is 3.76. The quantitative estimate of drug-likeness (QED) is 0.665. The van der Waals surface area contributed by atoms with E-state index in [0.29, 0.717) is 15.4 Å². The van der Waals surface area contributed by atoms with E-state index in [2.05, 4.69) is 25.9 Å². The van der Waals surface area contributed by atoms with Gasteiger partial charge in [-0.3, -0.25) is 4.79 Å². The molecule has 118 valence electrons. The lowest BCUT2D eigenvalue weighted by Crippen LogP contribution is -2.13. The first-order chi connectivity index (χ1) is 10.8. The Balaban J connectivity index is 2.30. The highest BCUT2D eigenvalue weighted by atomic mass is 79.9. The number of aromatic nitrogens is 2. The molecule has 0 aliphatic carbocycles. The molecule has 0 spiro atoms. The zero-order chi connectivity index (χ0) is 16.8. The molecular weight excluding hydrogens is 359 g/mol. The molecule has 0 atom stereocenters. The minimum Gasteiger partial charge on any atom is -0.306 e. The largest absolute Gasteiger partial charge is 0.306 e. The zero-order valence-corrected chi connectivity index (χ0v) is 14.7. The van der Waals surface area contributed by atoms with Crippen LogP contribution in [0.2, 0.25) is 0 Å². The summed E-state index contributed by atoms with van der Waals surface area (Å²) in [6, 6.07) is 10.5. The third kappa shape index (κ3) is 2.93. The van der Waals surface area contributed by atoms with Gasteiger partial charge in [-0.2, -0.15) is 0 Å². The summed E-state index contributed by atoms with van der Waals surface area (Å²) < 4.78 is 14.9. The van der Waals surface area contributed by atoms with E-state index < -0.39 is 5.82 Å². The van der Waals surface area contributed by atoms with E-state index in [-0.39, 0.29) is 22.4 Å². The summed E-state index contributed by atoms with van der Waals surface area (Å²) in [5.41, 5.74) is 1.36. The second kappa shape index (κ2) is 5.57. The molecule has 3 aromatic rings. The van der Waals surface area contributed by atoms with Crippen LogP contribution in [0.1, 0.15) is 26.3 Å². The fourth-order valence-corrected chi connectivity index (χ4v) is 2.87. The van der Waals surface area contributed by atoms with Crippen molar-refractivity contribution in [2.24, 2.45) is 0 Å². The molecule has 1 heterocycles. The first-order valence-electron chi connectivity index (χ1n) is 7.26. The smallest absolute Gasteiger partial charge is 0.259 e. The van der Waals surface area contributed by atoms with Crippen LogP contribution in [0.25, 0.3) is 22.3 Å². The number of para-hydroxylation sites is 1. The van der Waals surface area contributed by atoms with Crippen LogP contribution in [-0.2, 0) is 5.41 Å². The number of nitrogens with zero attached hydrogens (tertiary/aromatic N) is 1. The number of aromatic amines is 1. The Morgan fingerprint density at radius 1 is 1.17 bits per heavy atom. The number of fused-ring (bicyclic) bond motifs is 1. The van der Waals surface area contributed by atoms with Crippen molar-refractivity contribution in [3.8, 4) is 11.4 Å². The molecule has 5 heteroatoms. The third-order valence-corrected chi connectivity index (χ3v) is 4.34. The highest BCUT2D eigenvalue weighted by Gasteiger charge is 2.20. The Kier molecular flexibility index (Phi) is 3.84. The standard InChI is InChI=1S/C18H16BrFN2O/c1-18(2,3)10-8-12(15(20)13(19)9-10)16-21-14-7-5-4-6-11(14)17(23)22-16/h4-9H,1-3H3,(H,21,22,23). The summed E-state index contributed by atoms with van der Waals surface area (Å²) >= 11 is 3.26. The van der Waals surface area contributed by atoms with Crippen molar-refractivity contribution in [2.45, 2.75) is 26.2 Å². The van der Waals surface area contributed by atoms with E-state index in [1.165, 1.54) is 0 Å². The summed E-state index contributed by atoms with van der Waals surface area (Å²) in [7, 11) is 0. The van der Waals surface area contributed by atoms with Crippen LogP contribution in [-0.4, -0.2) is 9.97 Å². The number of benzene rings is 2. The molecule has 0 aliphatic rings. The highest BCUT2D eigenvalue weighted by molar-refractivity contribution is 9.10. The minimum absolute atomic E-state index is 0.151. The summed E-state index contributed by atoms with van der Waals surface area (Å²) in [5, 5.41) is 0.489. The number of nitrogens with one attached hydrogen (secondary N) is 1. The summed E-state index contributed by atoms with van der Waals surface area (Å²) in [5.74, 6) is -0.200. The average Bonchev–Trinajstić information content (AvgIpc) is 2.48. The monoisotopic (exact) mass is 374 g/mol. The Hall–Kier alpha value is -2.01. The second-order valence-corrected chi connectivity index (χ2v) is 7.36. The lowest BCUT2D eigenvalue weighted by Gasteiger charge is -2.20. The predicted octanol–water partition coefficient (Wildman–Crippen LogP) is 4.79. The van der Waals surface area contributed by atoms with Crippen LogP contribution in [0.3, 0.4) is 0 Å². The van der Waals surface area contributed by atoms with Gasteiger partial charge in [-0.25, -0.2) is 9.37 Å². The van der Waals surface area contributed by atoms with Crippen molar-refractivity contribution in [3.63, 3.8) is 0 Å². The van der Waals surface area contributed by atoms with E-state index in [1.807, 2.05) is 20.8 Å². The maximum Gasteiger partial charge on any atom is 0.259 e. The van der Waals surface area contributed by atoms with Crippen molar-refractivity contribution in [1.82, 2.24) is 9.97 Å². The molecule has 3 rings (SSSR count). The van der Waals surface area contributed by atoms with Gasteiger partial charge in [0.25, 0.3) is 5.56 Å². The fourth-order valence-electron chi connectivity index (χ4n) is 2.41. The maximum atomic E-state index is 14.6. The van der Waals surface area contributed by atoms with Crippen molar-refractivity contribution >= 4 is 26.8 Å². The minimum atomic E-state index is -0.434. The topological polar surface area (TPSA) is 45.8 Å².